The largest absolute Gasteiger partial charge is 0.388 e. The first kappa shape index (κ1) is 12.9. The van der Waals surface area contributed by atoms with Gasteiger partial charge in [-0.05, 0) is 19.9 Å². The Morgan fingerprint density at radius 3 is 2.40 bits per heavy atom. The van der Waals surface area contributed by atoms with Gasteiger partial charge < -0.3 is 20.1 Å². The van der Waals surface area contributed by atoms with Gasteiger partial charge in [0.25, 0.3) is 0 Å². The van der Waals surface area contributed by atoms with Crippen molar-refractivity contribution >= 4 is 0 Å². The molecule has 1 fully saturated rings. The van der Waals surface area contributed by atoms with Crippen LogP contribution in [-0.2, 0) is 4.74 Å². The van der Waals surface area contributed by atoms with Crippen molar-refractivity contribution in [3.63, 3.8) is 0 Å². The number of rotatable bonds is 4. The molecule has 0 saturated carbocycles. The molecule has 2 unspecified atom stereocenters. The van der Waals surface area contributed by atoms with Crippen molar-refractivity contribution in [3.8, 4) is 0 Å². The van der Waals surface area contributed by atoms with Crippen LogP contribution < -0.4 is 5.32 Å². The normalized spacial score (nSPS) is 41.8. The number of nitrogens with one attached hydrogen (secondary N) is 1. The molecule has 1 heterocycles. The fraction of sp³-hybridized carbons (Fsp3) is 1.00. The molecule has 0 aromatic heterocycles. The second kappa shape index (κ2) is 5.77. The molecule has 0 aromatic rings. The summed E-state index contributed by atoms with van der Waals surface area (Å²) < 4.78 is 5.36. The molecule has 90 valence electrons. The Hall–Kier alpha value is -0.200. The molecule has 1 rings (SSSR count). The molecule has 0 amide bonds. The molecule has 1 saturated heterocycles. The van der Waals surface area contributed by atoms with Crippen molar-refractivity contribution in [2.75, 3.05) is 6.54 Å². The third kappa shape index (κ3) is 3.12. The molecule has 0 aromatic carbocycles. The lowest BCUT2D eigenvalue weighted by Gasteiger charge is -2.39. The molecular weight excluding hydrogens is 198 g/mol. The molecule has 15 heavy (non-hydrogen) atoms. The molecule has 0 radical (unpaired) electrons. The summed E-state index contributed by atoms with van der Waals surface area (Å²) >= 11 is 0. The monoisotopic (exact) mass is 219 g/mol. The smallest absolute Gasteiger partial charge is 0.137 e. The van der Waals surface area contributed by atoms with E-state index >= 15 is 0 Å². The summed E-state index contributed by atoms with van der Waals surface area (Å²) in [6.07, 6.45) is -2.27. The van der Waals surface area contributed by atoms with Crippen molar-refractivity contribution in [1.82, 2.24) is 5.32 Å². The van der Waals surface area contributed by atoms with E-state index in [4.69, 9.17) is 4.74 Å². The first-order valence-electron chi connectivity index (χ1n) is 5.51. The van der Waals surface area contributed by atoms with Gasteiger partial charge in [0.2, 0.25) is 0 Å². The minimum Gasteiger partial charge on any atom is -0.388 e. The molecule has 5 heteroatoms. The van der Waals surface area contributed by atoms with Gasteiger partial charge in [-0.3, -0.25) is 5.32 Å². The highest BCUT2D eigenvalue weighted by molar-refractivity contribution is 4.89. The molecule has 5 nitrogen and oxygen atoms in total. The number of aliphatic hydroxyl groups excluding tert-OH is 3. The summed E-state index contributed by atoms with van der Waals surface area (Å²) in [5.41, 5.74) is 0. The summed E-state index contributed by atoms with van der Waals surface area (Å²) in [7, 11) is 0. The Balaban J connectivity index is 2.43. The third-order valence-electron chi connectivity index (χ3n) is 2.73. The van der Waals surface area contributed by atoms with E-state index in [0.29, 0.717) is 0 Å². The Labute approximate surface area is 90.1 Å². The average Bonchev–Trinajstić information content (AvgIpc) is 2.23. The van der Waals surface area contributed by atoms with E-state index in [2.05, 4.69) is 12.2 Å². The van der Waals surface area contributed by atoms with E-state index in [-0.39, 0.29) is 0 Å². The van der Waals surface area contributed by atoms with Crippen LogP contribution in [0, 0.1) is 0 Å². The standard InChI is InChI=1S/C10H21NO4/c1-3-4-5-11-10-9(14)8(13)7(12)6(2)15-10/h6-14H,3-5H2,1-2H3/t6?,7-,8?,9-,10+/m0/s1. The van der Waals surface area contributed by atoms with Gasteiger partial charge in [-0.2, -0.15) is 0 Å². The van der Waals surface area contributed by atoms with E-state index in [1.807, 2.05) is 0 Å². The lowest BCUT2D eigenvalue weighted by atomic mass is 9.99. The van der Waals surface area contributed by atoms with Crippen molar-refractivity contribution in [2.45, 2.75) is 57.3 Å². The zero-order chi connectivity index (χ0) is 11.4. The number of unbranched alkanes of at least 4 members (excludes halogenated alkanes) is 1. The van der Waals surface area contributed by atoms with E-state index in [1.54, 1.807) is 6.92 Å². The highest BCUT2D eigenvalue weighted by Gasteiger charge is 2.41. The molecule has 0 bridgehead atoms. The second-order valence-electron chi connectivity index (χ2n) is 4.04. The van der Waals surface area contributed by atoms with Gasteiger partial charge in [0.15, 0.2) is 0 Å². The van der Waals surface area contributed by atoms with Crippen LogP contribution in [0.2, 0.25) is 0 Å². The van der Waals surface area contributed by atoms with Crippen LogP contribution in [0.3, 0.4) is 0 Å². The first-order valence-corrected chi connectivity index (χ1v) is 5.51. The van der Waals surface area contributed by atoms with Gasteiger partial charge >= 0.3 is 0 Å². The predicted octanol–water partition coefficient (Wildman–Crippen LogP) is -0.796. The van der Waals surface area contributed by atoms with Gasteiger partial charge in [-0.15, -0.1) is 0 Å². The van der Waals surface area contributed by atoms with E-state index in [9.17, 15) is 15.3 Å². The fourth-order valence-corrected chi connectivity index (χ4v) is 1.64. The van der Waals surface area contributed by atoms with Crippen LogP contribution in [-0.4, -0.2) is 52.5 Å². The van der Waals surface area contributed by atoms with E-state index < -0.39 is 30.6 Å². The predicted molar refractivity (Wildman–Crippen MR) is 55.3 cm³/mol. The topological polar surface area (TPSA) is 82.0 Å². The van der Waals surface area contributed by atoms with Gasteiger partial charge in [0, 0.05) is 0 Å². The van der Waals surface area contributed by atoms with Gasteiger partial charge in [-0.25, -0.2) is 0 Å². The Morgan fingerprint density at radius 1 is 1.13 bits per heavy atom. The van der Waals surface area contributed by atoms with Crippen molar-refractivity contribution in [2.24, 2.45) is 0 Å². The van der Waals surface area contributed by atoms with Crippen molar-refractivity contribution in [3.05, 3.63) is 0 Å². The van der Waals surface area contributed by atoms with E-state index in [1.165, 1.54) is 0 Å². The zero-order valence-electron chi connectivity index (χ0n) is 9.26. The van der Waals surface area contributed by atoms with Crippen LogP contribution in [0.25, 0.3) is 0 Å². The summed E-state index contributed by atoms with van der Waals surface area (Å²) in [5, 5.41) is 31.6. The Morgan fingerprint density at radius 2 is 1.80 bits per heavy atom. The maximum Gasteiger partial charge on any atom is 0.137 e. The second-order valence-corrected chi connectivity index (χ2v) is 4.04. The lowest BCUT2D eigenvalue weighted by Crippen LogP contribution is -2.60. The van der Waals surface area contributed by atoms with E-state index in [0.717, 1.165) is 19.4 Å². The third-order valence-corrected chi connectivity index (χ3v) is 2.73. The molecule has 0 aliphatic carbocycles. The molecular formula is C10H21NO4. The molecule has 4 N–H and O–H groups in total. The van der Waals surface area contributed by atoms with Gasteiger partial charge in [-0.1, -0.05) is 13.3 Å². The SMILES string of the molecule is CCCCN[C@@H]1OC(C)[C@H](O)C(O)[C@@H]1O. The maximum absolute atomic E-state index is 9.63. The lowest BCUT2D eigenvalue weighted by molar-refractivity contribution is -0.224. The van der Waals surface area contributed by atoms with Gasteiger partial charge in [0.05, 0.1) is 6.10 Å². The number of aliphatic hydroxyl groups is 3. The highest BCUT2D eigenvalue weighted by Crippen LogP contribution is 2.19. The number of ether oxygens (including phenoxy) is 1. The average molecular weight is 219 g/mol. The highest BCUT2D eigenvalue weighted by atomic mass is 16.5. The van der Waals surface area contributed by atoms with Gasteiger partial charge in [0.1, 0.15) is 24.5 Å². The minimum absolute atomic E-state index is 0.470. The Kier molecular flexibility index (Phi) is 4.95. The minimum atomic E-state index is -1.15. The fourth-order valence-electron chi connectivity index (χ4n) is 1.64. The zero-order valence-corrected chi connectivity index (χ0v) is 9.26. The molecule has 5 atom stereocenters. The summed E-state index contributed by atoms with van der Waals surface area (Å²) in [4.78, 5) is 0. The molecule has 1 aliphatic rings. The van der Waals surface area contributed by atoms with Crippen molar-refractivity contribution < 1.29 is 20.1 Å². The number of hydrogen-bond acceptors (Lipinski definition) is 5. The van der Waals surface area contributed by atoms with Crippen LogP contribution >= 0.6 is 0 Å². The summed E-state index contributed by atoms with van der Waals surface area (Å²) in [6, 6.07) is 0. The quantitative estimate of drug-likeness (QED) is 0.466. The summed E-state index contributed by atoms with van der Waals surface area (Å²) in [6.45, 7) is 4.48. The summed E-state index contributed by atoms with van der Waals surface area (Å²) in [5.74, 6) is 0. The van der Waals surface area contributed by atoms with Crippen LogP contribution in [0.15, 0.2) is 0 Å². The Bertz CT molecular complexity index is 190. The maximum atomic E-state index is 9.63. The van der Waals surface area contributed by atoms with Crippen LogP contribution in [0.4, 0.5) is 0 Å². The van der Waals surface area contributed by atoms with Crippen LogP contribution in [0.1, 0.15) is 26.7 Å². The van der Waals surface area contributed by atoms with Crippen molar-refractivity contribution in [1.29, 1.82) is 0 Å². The van der Waals surface area contributed by atoms with Crippen LogP contribution in [0.5, 0.6) is 0 Å². The molecule has 0 spiro atoms. The first-order chi connectivity index (χ1) is 7.07. The molecule has 1 aliphatic heterocycles. The number of hydrogen-bond donors (Lipinski definition) is 4.